The molecule has 2 fully saturated rings. The van der Waals surface area contributed by atoms with E-state index in [2.05, 4.69) is 0 Å². The average Bonchev–Trinajstić information content (AvgIpc) is 2.62. The predicted molar refractivity (Wildman–Crippen MR) is 103 cm³/mol. The Balaban J connectivity index is 1.61. The number of likely N-dealkylation sites (tertiary alicyclic amines) is 1. The van der Waals surface area contributed by atoms with Crippen LogP contribution in [0.3, 0.4) is 0 Å². The Bertz CT molecular complexity index is 793. The fourth-order valence-corrected chi connectivity index (χ4v) is 4.61. The lowest BCUT2D eigenvalue weighted by Gasteiger charge is -2.31. The molecule has 150 valence electrons. The number of rotatable bonds is 4. The first kappa shape index (κ1) is 20.4. The van der Waals surface area contributed by atoms with Gasteiger partial charge in [-0.05, 0) is 43.9 Å². The van der Waals surface area contributed by atoms with Crippen molar-refractivity contribution in [1.82, 2.24) is 9.21 Å². The van der Waals surface area contributed by atoms with Gasteiger partial charge < -0.3 is 14.7 Å². The Labute approximate surface area is 164 Å². The monoisotopic (exact) mass is 416 g/mol. The maximum atomic E-state index is 12.6. The molecule has 7 nitrogen and oxygen atoms in total. The van der Waals surface area contributed by atoms with Gasteiger partial charge in [-0.25, -0.2) is 12.7 Å². The van der Waals surface area contributed by atoms with Crippen LogP contribution in [0.2, 0.25) is 5.02 Å². The quantitative estimate of drug-likeness (QED) is 0.807. The number of carbonyl (C=O) groups excluding carboxylic acids is 1. The Hall–Kier alpha value is -1.35. The van der Waals surface area contributed by atoms with Crippen molar-refractivity contribution < 1.29 is 23.1 Å². The number of sulfonamides is 1. The van der Waals surface area contributed by atoms with Crippen molar-refractivity contribution in [2.75, 3.05) is 32.4 Å². The molecule has 1 aromatic rings. The number of ether oxygens (including phenoxy) is 1. The number of hydrogen-bond donors (Lipinski definition) is 1. The van der Waals surface area contributed by atoms with E-state index >= 15 is 0 Å². The van der Waals surface area contributed by atoms with Crippen LogP contribution in [0.5, 0.6) is 5.75 Å². The highest BCUT2D eigenvalue weighted by molar-refractivity contribution is 7.88. The molecule has 1 atom stereocenters. The minimum atomic E-state index is -3.17. The molecule has 0 aromatic heterocycles. The number of nitrogens with zero attached hydrogens (tertiary/aromatic N) is 2. The van der Waals surface area contributed by atoms with Gasteiger partial charge in [-0.1, -0.05) is 11.6 Å². The number of carbonyl (C=O) groups is 1. The van der Waals surface area contributed by atoms with E-state index in [0.29, 0.717) is 55.4 Å². The molecule has 0 aliphatic carbocycles. The van der Waals surface area contributed by atoms with Crippen LogP contribution in [-0.2, 0) is 10.0 Å². The molecule has 2 aliphatic heterocycles. The summed E-state index contributed by atoms with van der Waals surface area (Å²) in [5.74, 6) is 0.341. The van der Waals surface area contributed by atoms with Crippen LogP contribution in [-0.4, -0.2) is 73.3 Å². The van der Waals surface area contributed by atoms with Crippen LogP contribution >= 0.6 is 11.6 Å². The number of amides is 1. The van der Waals surface area contributed by atoms with Crippen molar-refractivity contribution >= 4 is 27.5 Å². The third-order valence-electron chi connectivity index (χ3n) is 5.03. The molecule has 0 unspecified atom stereocenters. The van der Waals surface area contributed by atoms with Crippen LogP contribution in [0.25, 0.3) is 0 Å². The topological polar surface area (TPSA) is 87.2 Å². The molecule has 0 spiro atoms. The summed E-state index contributed by atoms with van der Waals surface area (Å²) in [7, 11) is -3.17. The van der Waals surface area contributed by atoms with E-state index in [9.17, 15) is 18.3 Å². The molecular formula is C18H25ClN2O5S. The van der Waals surface area contributed by atoms with E-state index in [1.807, 2.05) is 0 Å². The Morgan fingerprint density at radius 1 is 1.22 bits per heavy atom. The molecule has 3 rings (SSSR count). The second-order valence-corrected chi connectivity index (χ2v) is 9.56. The summed E-state index contributed by atoms with van der Waals surface area (Å²) in [5, 5.41) is 10.1. The molecule has 1 N–H and O–H groups in total. The summed E-state index contributed by atoms with van der Waals surface area (Å²) >= 11 is 6.31. The third-order valence-corrected chi connectivity index (χ3v) is 6.62. The number of aliphatic hydroxyl groups is 1. The van der Waals surface area contributed by atoms with Crippen molar-refractivity contribution in [2.45, 2.75) is 37.9 Å². The van der Waals surface area contributed by atoms with Crippen molar-refractivity contribution in [3.63, 3.8) is 0 Å². The van der Waals surface area contributed by atoms with Crippen LogP contribution in [0.15, 0.2) is 18.2 Å². The highest BCUT2D eigenvalue weighted by atomic mass is 35.5. The van der Waals surface area contributed by atoms with Crippen molar-refractivity contribution in [1.29, 1.82) is 0 Å². The molecule has 2 heterocycles. The third kappa shape index (κ3) is 5.13. The first-order chi connectivity index (χ1) is 12.7. The van der Waals surface area contributed by atoms with Gasteiger partial charge in [-0.3, -0.25) is 4.79 Å². The number of halogens is 1. The van der Waals surface area contributed by atoms with Crippen LogP contribution in [0, 0.1) is 0 Å². The fraction of sp³-hybridized carbons (Fsp3) is 0.611. The zero-order valence-electron chi connectivity index (χ0n) is 15.3. The Morgan fingerprint density at radius 3 is 2.52 bits per heavy atom. The van der Waals surface area contributed by atoms with Crippen molar-refractivity contribution in [3.8, 4) is 5.75 Å². The molecule has 2 saturated heterocycles. The van der Waals surface area contributed by atoms with E-state index < -0.39 is 16.1 Å². The minimum Gasteiger partial charge on any atom is -0.489 e. The van der Waals surface area contributed by atoms with Gasteiger partial charge in [0.05, 0.1) is 17.4 Å². The highest BCUT2D eigenvalue weighted by Gasteiger charge is 2.27. The van der Waals surface area contributed by atoms with E-state index in [1.54, 1.807) is 23.1 Å². The Kier molecular flexibility index (Phi) is 6.30. The maximum Gasteiger partial charge on any atom is 0.253 e. The SMILES string of the molecule is CS(=O)(=O)N1CCC(Oc2ccc(C(=O)N3CCC[C@H](O)C3)cc2Cl)CC1. The molecule has 27 heavy (non-hydrogen) atoms. The second kappa shape index (κ2) is 8.34. The molecule has 9 heteroatoms. The van der Waals surface area contributed by atoms with E-state index in [4.69, 9.17) is 16.3 Å². The molecule has 0 radical (unpaired) electrons. The van der Waals surface area contributed by atoms with E-state index in [1.165, 1.54) is 10.6 Å². The number of hydrogen-bond acceptors (Lipinski definition) is 5. The van der Waals surface area contributed by atoms with Gasteiger partial charge in [-0.15, -0.1) is 0 Å². The van der Waals surface area contributed by atoms with Gasteiger partial charge in [0.2, 0.25) is 10.0 Å². The normalized spacial score (nSPS) is 22.6. The second-order valence-electron chi connectivity index (χ2n) is 7.17. The zero-order valence-corrected chi connectivity index (χ0v) is 16.9. The summed E-state index contributed by atoms with van der Waals surface area (Å²) in [6.07, 6.45) is 3.31. The largest absolute Gasteiger partial charge is 0.489 e. The number of piperidine rings is 2. The molecule has 0 saturated carbocycles. The Morgan fingerprint density at radius 2 is 1.93 bits per heavy atom. The standard InChI is InChI=1S/C18H25ClN2O5S/c1-27(24,25)21-9-6-15(7-10-21)26-17-5-4-13(11-16(17)19)18(23)20-8-2-3-14(22)12-20/h4-5,11,14-15,22H,2-3,6-10,12H2,1H3/t14-/m0/s1. The molecule has 1 amide bonds. The van der Waals surface area contributed by atoms with Gasteiger partial charge in [0, 0.05) is 31.7 Å². The van der Waals surface area contributed by atoms with Gasteiger partial charge in [0.15, 0.2) is 0 Å². The fourth-order valence-electron chi connectivity index (χ4n) is 3.51. The number of benzene rings is 1. The lowest BCUT2D eigenvalue weighted by molar-refractivity contribution is 0.0473. The van der Waals surface area contributed by atoms with Crippen LogP contribution in [0.1, 0.15) is 36.0 Å². The van der Waals surface area contributed by atoms with Crippen molar-refractivity contribution in [3.05, 3.63) is 28.8 Å². The molecule has 1 aromatic carbocycles. The molecule has 2 aliphatic rings. The number of aliphatic hydroxyl groups excluding tert-OH is 1. The molecule has 0 bridgehead atoms. The zero-order chi connectivity index (χ0) is 19.6. The van der Waals surface area contributed by atoms with Crippen molar-refractivity contribution in [2.24, 2.45) is 0 Å². The summed E-state index contributed by atoms with van der Waals surface area (Å²) < 4.78 is 30.5. The lowest BCUT2D eigenvalue weighted by Crippen LogP contribution is -2.42. The summed E-state index contributed by atoms with van der Waals surface area (Å²) in [4.78, 5) is 14.2. The smallest absolute Gasteiger partial charge is 0.253 e. The van der Waals surface area contributed by atoms with Crippen LogP contribution in [0.4, 0.5) is 0 Å². The summed E-state index contributed by atoms with van der Waals surface area (Å²) in [6.45, 7) is 1.82. The average molecular weight is 417 g/mol. The minimum absolute atomic E-state index is 0.112. The van der Waals surface area contributed by atoms with Crippen LogP contribution < -0.4 is 4.74 Å². The van der Waals surface area contributed by atoms with Gasteiger partial charge in [-0.2, -0.15) is 0 Å². The summed E-state index contributed by atoms with van der Waals surface area (Å²) in [5.41, 5.74) is 0.466. The predicted octanol–water partition coefficient (Wildman–Crippen LogP) is 1.74. The lowest BCUT2D eigenvalue weighted by atomic mass is 10.1. The highest BCUT2D eigenvalue weighted by Crippen LogP contribution is 2.29. The van der Waals surface area contributed by atoms with Gasteiger partial charge in [0.25, 0.3) is 5.91 Å². The van der Waals surface area contributed by atoms with E-state index in [0.717, 1.165) is 12.8 Å². The first-order valence-electron chi connectivity index (χ1n) is 9.12. The van der Waals surface area contributed by atoms with Gasteiger partial charge in [0.1, 0.15) is 11.9 Å². The maximum absolute atomic E-state index is 12.6. The molecular weight excluding hydrogens is 392 g/mol. The first-order valence-corrected chi connectivity index (χ1v) is 11.4. The number of β-amino-alcohol motifs (C(OH)–C–C–N with tert-alkyl or cyclic N) is 1. The van der Waals surface area contributed by atoms with Gasteiger partial charge >= 0.3 is 0 Å². The van der Waals surface area contributed by atoms with E-state index in [-0.39, 0.29) is 12.0 Å². The summed E-state index contributed by atoms with van der Waals surface area (Å²) in [6, 6.07) is 4.95.